The first-order valence-electron chi connectivity index (χ1n) is 16.3. The van der Waals surface area contributed by atoms with Gasteiger partial charge in [0.2, 0.25) is 0 Å². The summed E-state index contributed by atoms with van der Waals surface area (Å²) >= 11 is 0. The minimum Gasteiger partial charge on any atom is -0.299 e. The number of benzene rings is 5. The van der Waals surface area contributed by atoms with Crippen molar-refractivity contribution in [1.82, 2.24) is 24.3 Å². The third-order valence-corrected chi connectivity index (χ3v) is 8.89. The van der Waals surface area contributed by atoms with Crippen molar-refractivity contribution in [3.05, 3.63) is 176 Å². The Hall–Kier alpha value is -6.72. The van der Waals surface area contributed by atoms with Crippen LogP contribution in [-0.2, 0) is 0 Å². The van der Waals surface area contributed by atoms with Gasteiger partial charge in [-0.1, -0.05) is 121 Å². The number of pyridine rings is 2. The molecule has 0 fully saturated rings. The Morgan fingerprint density at radius 3 is 1.69 bits per heavy atom. The molecule has 49 heavy (non-hydrogen) atoms. The Kier molecular flexibility index (Phi) is 7.06. The van der Waals surface area contributed by atoms with Gasteiger partial charge in [0.15, 0.2) is 5.82 Å². The van der Waals surface area contributed by atoms with E-state index in [1.165, 1.54) is 10.8 Å². The van der Waals surface area contributed by atoms with Crippen LogP contribution in [0.5, 0.6) is 0 Å². The first kappa shape index (κ1) is 28.5. The van der Waals surface area contributed by atoms with Gasteiger partial charge in [-0.05, 0) is 64.4 Å². The van der Waals surface area contributed by atoms with Gasteiger partial charge in [0.05, 0.1) is 22.8 Å². The average molecular weight is 628 g/mol. The fourth-order valence-electron chi connectivity index (χ4n) is 6.43. The Labute approximate surface area is 283 Å². The molecule has 9 rings (SSSR count). The molecule has 5 aromatic carbocycles. The van der Waals surface area contributed by atoms with Crippen LogP contribution < -0.4 is 0 Å². The zero-order valence-corrected chi connectivity index (χ0v) is 26.5. The molecule has 0 saturated heterocycles. The summed E-state index contributed by atoms with van der Waals surface area (Å²) in [5, 5.41) is 2.34. The van der Waals surface area contributed by atoms with Gasteiger partial charge in [-0.25, -0.2) is 15.0 Å². The highest BCUT2D eigenvalue weighted by Gasteiger charge is 2.17. The number of aromatic nitrogens is 5. The van der Waals surface area contributed by atoms with E-state index in [-0.39, 0.29) is 0 Å². The van der Waals surface area contributed by atoms with E-state index in [9.17, 15) is 0 Å². The Bertz CT molecular complexity index is 2520. The molecule has 5 nitrogen and oxygen atoms in total. The van der Waals surface area contributed by atoms with E-state index in [2.05, 4.69) is 107 Å². The summed E-state index contributed by atoms with van der Waals surface area (Å²) in [7, 11) is 0. The van der Waals surface area contributed by atoms with Crippen molar-refractivity contribution in [3.63, 3.8) is 0 Å². The summed E-state index contributed by atoms with van der Waals surface area (Å²) in [5.74, 6) is 0.714. The molecule has 0 radical (unpaired) electrons. The molecule has 4 heterocycles. The highest BCUT2D eigenvalue weighted by Crippen LogP contribution is 2.35. The van der Waals surface area contributed by atoms with Crippen LogP contribution in [0.1, 0.15) is 0 Å². The number of hydrogen-bond acceptors (Lipinski definition) is 4. The molecule has 0 aliphatic rings. The number of hydrogen-bond donors (Lipinski definition) is 0. The monoisotopic (exact) mass is 627 g/mol. The van der Waals surface area contributed by atoms with E-state index < -0.39 is 0 Å². The van der Waals surface area contributed by atoms with Crippen molar-refractivity contribution in [2.24, 2.45) is 0 Å². The van der Waals surface area contributed by atoms with Crippen molar-refractivity contribution in [3.8, 4) is 67.7 Å². The van der Waals surface area contributed by atoms with Gasteiger partial charge in [0.1, 0.15) is 11.3 Å². The first-order chi connectivity index (χ1) is 24.3. The summed E-state index contributed by atoms with van der Waals surface area (Å²) in [6, 6.07) is 56.5. The molecule has 0 N–H and O–H groups in total. The maximum Gasteiger partial charge on any atom is 0.160 e. The van der Waals surface area contributed by atoms with Crippen LogP contribution in [0.4, 0.5) is 0 Å². The average Bonchev–Trinajstić information content (AvgIpc) is 3.58. The zero-order valence-electron chi connectivity index (χ0n) is 26.5. The Balaban J connectivity index is 1.06. The number of imidazole rings is 1. The molecule has 0 bridgehead atoms. The Morgan fingerprint density at radius 2 is 0.980 bits per heavy atom. The minimum absolute atomic E-state index is 0.714. The van der Waals surface area contributed by atoms with Crippen LogP contribution in [-0.4, -0.2) is 24.3 Å². The van der Waals surface area contributed by atoms with E-state index in [4.69, 9.17) is 15.0 Å². The van der Waals surface area contributed by atoms with Gasteiger partial charge in [-0.3, -0.25) is 9.38 Å². The standard InChI is InChI=1S/C44H29N5/c1-3-11-31(12-4-1)39-29-40(47-44(46-39)33-13-5-2-6-14-33)32-19-17-30(18-20-32)34-21-22-36-28-37(24-23-35(36)27-34)43-42(38-15-7-9-25-45-38)48-41-16-8-10-26-49(41)43/h1-29H. The molecule has 5 heteroatoms. The lowest BCUT2D eigenvalue weighted by Crippen LogP contribution is -1.95. The molecule has 0 atom stereocenters. The molecule has 9 aromatic rings. The maximum atomic E-state index is 5.00. The summed E-state index contributed by atoms with van der Waals surface area (Å²) in [6.07, 6.45) is 3.88. The Morgan fingerprint density at radius 1 is 0.388 bits per heavy atom. The molecule has 0 unspecified atom stereocenters. The molecule has 4 aromatic heterocycles. The van der Waals surface area contributed by atoms with E-state index >= 15 is 0 Å². The fourth-order valence-corrected chi connectivity index (χ4v) is 6.43. The lowest BCUT2D eigenvalue weighted by atomic mass is 9.97. The normalized spacial score (nSPS) is 11.3. The molecule has 0 aliphatic carbocycles. The van der Waals surface area contributed by atoms with E-state index in [1.807, 2.05) is 79.0 Å². The predicted molar refractivity (Wildman–Crippen MR) is 199 cm³/mol. The quantitative estimate of drug-likeness (QED) is 0.184. The molecule has 0 saturated carbocycles. The van der Waals surface area contributed by atoms with Crippen molar-refractivity contribution < 1.29 is 0 Å². The molecule has 0 aliphatic heterocycles. The van der Waals surface area contributed by atoms with Crippen LogP contribution in [0.15, 0.2) is 176 Å². The highest BCUT2D eigenvalue weighted by atomic mass is 15.0. The van der Waals surface area contributed by atoms with Gasteiger partial charge in [0.25, 0.3) is 0 Å². The molecular formula is C44H29N5. The summed E-state index contributed by atoms with van der Waals surface area (Å²) in [6.45, 7) is 0. The third-order valence-electron chi connectivity index (χ3n) is 8.89. The summed E-state index contributed by atoms with van der Waals surface area (Å²) in [4.78, 5) is 19.5. The SMILES string of the molecule is c1ccc(-c2cc(-c3ccc(-c4ccc5cc(-c6c(-c7ccccn7)nc7ccccn67)ccc5c4)cc3)nc(-c3ccccc3)n2)cc1. The van der Waals surface area contributed by atoms with Gasteiger partial charge < -0.3 is 0 Å². The lowest BCUT2D eigenvalue weighted by Gasteiger charge is -2.11. The van der Waals surface area contributed by atoms with E-state index in [1.54, 1.807) is 0 Å². The van der Waals surface area contributed by atoms with Gasteiger partial charge in [-0.15, -0.1) is 0 Å². The molecule has 0 spiro atoms. The first-order valence-corrected chi connectivity index (χ1v) is 16.3. The number of nitrogens with zero attached hydrogens (tertiary/aromatic N) is 5. The van der Waals surface area contributed by atoms with E-state index in [0.717, 1.165) is 67.5 Å². The molecule has 0 amide bonds. The molecular weight excluding hydrogens is 599 g/mol. The van der Waals surface area contributed by atoms with Gasteiger partial charge in [0, 0.05) is 34.6 Å². The van der Waals surface area contributed by atoms with Crippen molar-refractivity contribution >= 4 is 16.4 Å². The predicted octanol–water partition coefficient (Wildman–Crippen LogP) is 10.7. The third kappa shape index (κ3) is 5.43. The van der Waals surface area contributed by atoms with Gasteiger partial charge in [-0.2, -0.15) is 0 Å². The number of fused-ring (bicyclic) bond motifs is 2. The lowest BCUT2D eigenvalue weighted by molar-refractivity contribution is 1.18. The topological polar surface area (TPSA) is 56.0 Å². The maximum absolute atomic E-state index is 5.00. The van der Waals surface area contributed by atoms with Crippen LogP contribution in [0.3, 0.4) is 0 Å². The van der Waals surface area contributed by atoms with Crippen molar-refractivity contribution in [2.45, 2.75) is 0 Å². The fraction of sp³-hybridized carbons (Fsp3) is 0. The second kappa shape index (κ2) is 12.1. The second-order valence-electron chi connectivity index (χ2n) is 12.0. The van der Waals surface area contributed by atoms with Crippen LogP contribution in [0, 0.1) is 0 Å². The minimum atomic E-state index is 0.714. The van der Waals surface area contributed by atoms with Crippen molar-refractivity contribution in [2.75, 3.05) is 0 Å². The van der Waals surface area contributed by atoms with Crippen molar-refractivity contribution in [1.29, 1.82) is 0 Å². The van der Waals surface area contributed by atoms with Gasteiger partial charge >= 0.3 is 0 Å². The number of rotatable bonds is 6. The smallest absolute Gasteiger partial charge is 0.160 e. The second-order valence-corrected chi connectivity index (χ2v) is 12.0. The van der Waals surface area contributed by atoms with Crippen LogP contribution in [0.25, 0.3) is 84.1 Å². The van der Waals surface area contributed by atoms with E-state index in [0.29, 0.717) is 5.82 Å². The largest absolute Gasteiger partial charge is 0.299 e. The van der Waals surface area contributed by atoms with Crippen LogP contribution in [0.2, 0.25) is 0 Å². The summed E-state index contributed by atoms with van der Waals surface area (Å²) < 4.78 is 2.14. The van der Waals surface area contributed by atoms with Crippen LogP contribution >= 0.6 is 0 Å². The highest BCUT2D eigenvalue weighted by molar-refractivity contribution is 5.93. The summed E-state index contributed by atoms with van der Waals surface area (Å²) in [5.41, 5.74) is 12.0. The molecule has 230 valence electrons. The zero-order chi connectivity index (χ0) is 32.6.